The quantitative estimate of drug-likeness (QED) is 0.720. The second-order valence-electron chi connectivity index (χ2n) is 4.53. The topological polar surface area (TPSA) is 76.7 Å². The number of hydrogen-bond donors (Lipinski definition) is 2. The number of carbonyl (C=O) groups is 2. The molecule has 122 valence electrons. The summed E-state index contributed by atoms with van der Waals surface area (Å²) in [5.74, 6) is 0.955. The third kappa shape index (κ3) is 5.63. The molecule has 2 amide bonds. The monoisotopic (exact) mass is 334 g/mol. The summed E-state index contributed by atoms with van der Waals surface area (Å²) in [4.78, 5) is 23.9. The molecule has 1 heterocycles. The van der Waals surface area contributed by atoms with Crippen molar-refractivity contribution in [1.82, 2.24) is 10.6 Å². The normalized spacial score (nSPS) is 9.96. The predicted octanol–water partition coefficient (Wildman–Crippen LogP) is 1.68. The minimum Gasteiger partial charge on any atom is -0.497 e. The average molecular weight is 334 g/mol. The van der Waals surface area contributed by atoms with Gasteiger partial charge in [-0.15, -0.1) is 11.3 Å². The largest absolute Gasteiger partial charge is 0.497 e. The molecular formula is C16H18N2O4S. The highest BCUT2D eigenvalue weighted by molar-refractivity contribution is 7.12. The molecule has 2 rings (SSSR count). The first kappa shape index (κ1) is 16.8. The molecule has 0 bridgehead atoms. The fourth-order valence-corrected chi connectivity index (χ4v) is 2.39. The van der Waals surface area contributed by atoms with Gasteiger partial charge < -0.3 is 20.1 Å². The van der Waals surface area contributed by atoms with E-state index in [-0.39, 0.29) is 18.4 Å². The van der Waals surface area contributed by atoms with Crippen molar-refractivity contribution in [3.63, 3.8) is 0 Å². The van der Waals surface area contributed by atoms with E-state index in [1.165, 1.54) is 11.3 Å². The standard InChI is InChI=1S/C16H18N2O4S/c1-21-12-4-6-13(7-5-12)22-9-8-17-15(19)11-18-16(20)14-3-2-10-23-14/h2-7,10H,8-9,11H2,1H3,(H,17,19)(H,18,20). The minimum atomic E-state index is -0.256. The van der Waals surface area contributed by atoms with Gasteiger partial charge in [0.1, 0.15) is 18.1 Å². The van der Waals surface area contributed by atoms with Crippen molar-refractivity contribution in [2.75, 3.05) is 26.8 Å². The predicted molar refractivity (Wildman–Crippen MR) is 88.2 cm³/mol. The van der Waals surface area contributed by atoms with Crippen LogP contribution in [0.3, 0.4) is 0 Å². The summed E-state index contributed by atoms with van der Waals surface area (Å²) >= 11 is 1.33. The highest BCUT2D eigenvalue weighted by atomic mass is 32.1. The van der Waals surface area contributed by atoms with Gasteiger partial charge in [0.2, 0.25) is 5.91 Å². The zero-order chi connectivity index (χ0) is 16.5. The Kier molecular flexibility index (Phi) is 6.43. The van der Waals surface area contributed by atoms with Crippen LogP contribution in [0, 0.1) is 0 Å². The summed E-state index contributed by atoms with van der Waals surface area (Å²) in [5.41, 5.74) is 0. The first-order chi connectivity index (χ1) is 11.2. The van der Waals surface area contributed by atoms with Crippen molar-refractivity contribution in [2.24, 2.45) is 0 Å². The van der Waals surface area contributed by atoms with Crippen LogP contribution in [0.4, 0.5) is 0 Å². The highest BCUT2D eigenvalue weighted by Gasteiger charge is 2.08. The number of rotatable bonds is 8. The molecule has 0 radical (unpaired) electrons. The Morgan fingerprint density at radius 3 is 2.48 bits per heavy atom. The Bertz CT molecular complexity index is 626. The smallest absolute Gasteiger partial charge is 0.261 e. The number of carbonyl (C=O) groups excluding carboxylic acids is 2. The maximum atomic E-state index is 11.7. The highest BCUT2D eigenvalue weighted by Crippen LogP contribution is 2.16. The van der Waals surface area contributed by atoms with Crippen LogP contribution in [0.25, 0.3) is 0 Å². The maximum Gasteiger partial charge on any atom is 0.261 e. The van der Waals surface area contributed by atoms with Gasteiger partial charge in [-0.1, -0.05) is 6.07 Å². The van der Waals surface area contributed by atoms with Gasteiger partial charge in [0.05, 0.1) is 25.1 Å². The molecule has 0 atom stereocenters. The molecule has 1 aromatic heterocycles. The van der Waals surface area contributed by atoms with Crippen LogP contribution in [0.1, 0.15) is 9.67 Å². The molecule has 0 aliphatic rings. The molecule has 0 aliphatic heterocycles. The van der Waals surface area contributed by atoms with E-state index >= 15 is 0 Å². The van der Waals surface area contributed by atoms with Gasteiger partial charge in [0, 0.05) is 0 Å². The lowest BCUT2D eigenvalue weighted by atomic mass is 10.3. The number of ether oxygens (including phenoxy) is 2. The fourth-order valence-electron chi connectivity index (χ4n) is 1.75. The fraction of sp³-hybridized carbons (Fsp3) is 0.250. The lowest BCUT2D eigenvalue weighted by molar-refractivity contribution is -0.120. The molecule has 0 saturated heterocycles. The summed E-state index contributed by atoms with van der Waals surface area (Å²) < 4.78 is 10.5. The van der Waals surface area contributed by atoms with Crippen molar-refractivity contribution in [2.45, 2.75) is 0 Å². The van der Waals surface area contributed by atoms with E-state index in [4.69, 9.17) is 9.47 Å². The van der Waals surface area contributed by atoms with Gasteiger partial charge in [-0.05, 0) is 35.7 Å². The van der Waals surface area contributed by atoms with Crippen molar-refractivity contribution in [1.29, 1.82) is 0 Å². The van der Waals surface area contributed by atoms with Gasteiger partial charge in [-0.2, -0.15) is 0 Å². The van der Waals surface area contributed by atoms with Crippen molar-refractivity contribution in [3.05, 3.63) is 46.7 Å². The van der Waals surface area contributed by atoms with E-state index in [0.29, 0.717) is 23.8 Å². The number of amides is 2. The molecule has 0 saturated carbocycles. The van der Waals surface area contributed by atoms with Gasteiger partial charge in [0.25, 0.3) is 5.91 Å². The molecule has 23 heavy (non-hydrogen) atoms. The zero-order valence-corrected chi connectivity index (χ0v) is 13.5. The first-order valence-electron chi connectivity index (χ1n) is 7.04. The average Bonchev–Trinajstić information content (AvgIpc) is 3.12. The SMILES string of the molecule is COc1ccc(OCCNC(=O)CNC(=O)c2cccs2)cc1. The second-order valence-corrected chi connectivity index (χ2v) is 5.48. The third-order valence-corrected chi connectivity index (χ3v) is 3.78. The summed E-state index contributed by atoms with van der Waals surface area (Å²) in [6.07, 6.45) is 0. The Morgan fingerprint density at radius 2 is 1.83 bits per heavy atom. The lowest BCUT2D eigenvalue weighted by Crippen LogP contribution is -2.38. The Morgan fingerprint density at radius 1 is 1.09 bits per heavy atom. The van der Waals surface area contributed by atoms with E-state index in [2.05, 4.69) is 10.6 Å². The van der Waals surface area contributed by atoms with Crippen LogP contribution in [0.15, 0.2) is 41.8 Å². The summed E-state index contributed by atoms with van der Waals surface area (Å²) in [5, 5.41) is 7.05. The van der Waals surface area contributed by atoms with Crippen molar-refractivity contribution in [3.8, 4) is 11.5 Å². The van der Waals surface area contributed by atoms with E-state index in [1.807, 2.05) is 5.38 Å². The molecule has 6 nitrogen and oxygen atoms in total. The van der Waals surface area contributed by atoms with Crippen LogP contribution < -0.4 is 20.1 Å². The van der Waals surface area contributed by atoms with Crippen LogP contribution in [-0.2, 0) is 4.79 Å². The summed E-state index contributed by atoms with van der Waals surface area (Å²) in [6.45, 7) is 0.649. The van der Waals surface area contributed by atoms with Gasteiger partial charge in [-0.25, -0.2) is 0 Å². The van der Waals surface area contributed by atoms with E-state index in [9.17, 15) is 9.59 Å². The van der Waals surface area contributed by atoms with Gasteiger partial charge in [-0.3, -0.25) is 9.59 Å². The van der Waals surface area contributed by atoms with E-state index in [0.717, 1.165) is 5.75 Å². The number of nitrogens with one attached hydrogen (secondary N) is 2. The van der Waals surface area contributed by atoms with Crippen molar-refractivity contribution >= 4 is 23.2 Å². The van der Waals surface area contributed by atoms with Gasteiger partial charge >= 0.3 is 0 Å². The van der Waals surface area contributed by atoms with Crippen LogP contribution in [0.2, 0.25) is 0 Å². The molecular weight excluding hydrogens is 316 g/mol. The Hall–Kier alpha value is -2.54. The number of hydrogen-bond acceptors (Lipinski definition) is 5. The van der Waals surface area contributed by atoms with E-state index in [1.54, 1.807) is 43.5 Å². The molecule has 0 fully saturated rings. The summed E-state index contributed by atoms with van der Waals surface area (Å²) in [6, 6.07) is 10.7. The van der Waals surface area contributed by atoms with Crippen LogP contribution in [0.5, 0.6) is 11.5 Å². The molecule has 1 aromatic carbocycles. The van der Waals surface area contributed by atoms with Crippen LogP contribution in [-0.4, -0.2) is 38.6 Å². The zero-order valence-electron chi connectivity index (χ0n) is 12.7. The Labute approximate surface area is 138 Å². The maximum absolute atomic E-state index is 11.7. The number of methoxy groups -OCH3 is 1. The number of thiophene rings is 1. The first-order valence-corrected chi connectivity index (χ1v) is 7.92. The molecule has 2 N–H and O–H groups in total. The molecule has 0 aliphatic carbocycles. The van der Waals surface area contributed by atoms with E-state index < -0.39 is 0 Å². The molecule has 0 spiro atoms. The molecule has 2 aromatic rings. The molecule has 7 heteroatoms. The molecule has 0 unspecified atom stereocenters. The van der Waals surface area contributed by atoms with Crippen LogP contribution >= 0.6 is 11.3 Å². The summed E-state index contributed by atoms with van der Waals surface area (Å²) in [7, 11) is 1.60. The lowest BCUT2D eigenvalue weighted by Gasteiger charge is -2.09. The Balaban J connectivity index is 1.60. The third-order valence-electron chi connectivity index (χ3n) is 2.91. The van der Waals surface area contributed by atoms with Crippen molar-refractivity contribution < 1.29 is 19.1 Å². The second kappa shape index (κ2) is 8.79. The van der Waals surface area contributed by atoms with Gasteiger partial charge in [0.15, 0.2) is 0 Å². The number of benzene rings is 1. The minimum absolute atomic E-state index is 0.0563.